The molecule has 7 heterocycles. The van der Waals surface area contributed by atoms with E-state index in [0.29, 0.717) is 0 Å². The maximum atomic E-state index is 4.97. The number of nitrogens with zero attached hydrogens (tertiary/aromatic N) is 6. The van der Waals surface area contributed by atoms with E-state index < -0.39 is 0 Å². The van der Waals surface area contributed by atoms with Gasteiger partial charge in [0.25, 0.3) is 0 Å². The lowest BCUT2D eigenvalue weighted by atomic mass is 10.1. The van der Waals surface area contributed by atoms with Gasteiger partial charge in [-0.05, 0) is 61.3 Å². The van der Waals surface area contributed by atoms with Crippen molar-refractivity contribution in [1.82, 2.24) is 39.8 Å². The molecule has 7 rings (SSSR count). The van der Waals surface area contributed by atoms with Gasteiger partial charge in [-0.3, -0.25) is 19.9 Å². The molecule has 1 aliphatic heterocycles. The molecule has 6 aromatic rings. The van der Waals surface area contributed by atoms with Gasteiger partial charge >= 0.3 is 0 Å². The Balaban J connectivity index is 1.28. The van der Waals surface area contributed by atoms with Crippen LogP contribution in [0.5, 0.6) is 0 Å². The Hall–Kier alpha value is -4.43. The van der Waals surface area contributed by atoms with Gasteiger partial charge in [0.15, 0.2) is 0 Å². The van der Waals surface area contributed by atoms with E-state index in [9.17, 15) is 0 Å². The molecule has 176 valence electrons. The molecular formula is C28H24N8. The van der Waals surface area contributed by atoms with Crippen molar-refractivity contribution in [1.29, 1.82) is 0 Å². The van der Waals surface area contributed by atoms with Crippen molar-refractivity contribution in [3.63, 3.8) is 0 Å². The van der Waals surface area contributed by atoms with Crippen molar-refractivity contribution in [2.45, 2.75) is 19.4 Å². The minimum atomic E-state index is 0.777. The molecule has 0 atom stereocenters. The van der Waals surface area contributed by atoms with E-state index in [1.54, 1.807) is 12.4 Å². The molecule has 0 aromatic carbocycles. The first-order valence-corrected chi connectivity index (χ1v) is 12.2. The predicted molar refractivity (Wildman–Crippen MR) is 140 cm³/mol. The monoisotopic (exact) mass is 472 g/mol. The summed E-state index contributed by atoms with van der Waals surface area (Å²) in [5, 5.41) is 1.01. The summed E-state index contributed by atoms with van der Waals surface area (Å²) in [6.07, 6.45) is 17.5. The molecule has 1 saturated heterocycles. The lowest BCUT2D eigenvalue weighted by molar-refractivity contribution is 0.331. The fraction of sp³-hybridized carbons (Fsp3) is 0.179. The normalized spacial score (nSPS) is 14.2. The Kier molecular flexibility index (Phi) is 5.03. The Morgan fingerprint density at radius 1 is 0.806 bits per heavy atom. The highest BCUT2D eigenvalue weighted by molar-refractivity contribution is 5.98. The maximum absolute atomic E-state index is 4.97. The third-order valence-corrected chi connectivity index (χ3v) is 6.90. The molecule has 0 aliphatic carbocycles. The minimum Gasteiger partial charge on any atom is -0.345 e. The predicted octanol–water partition coefficient (Wildman–Crippen LogP) is 5.22. The van der Waals surface area contributed by atoms with E-state index >= 15 is 0 Å². The van der Waals surface area contributed by atoms with Crippen LogP contribution in [0, 0.1) is 0 Å². The first-order chi connectivity index (χ1) is 17.8. The molecule has 0 saturated carbocycles. The third-order valence-electron chi connectivity index (χ3n) is 6.90. The van der Waals surface area contributed by atoms with Crippen LogP contribution in [-0.4, -0.2) is 52.9 Å². The molecule has 1 aliphatic rings. The lowest BCUT2D eigenvalue weighted by Crippen LogP contribution is -2.18. The third kappa shape index (κ3) is 3.72. The Morgan fingerprint density at radius 2 is 1.64 bits per heavy atom. The summed E-state index contributed by atoms with van der Waals surface area (Å²) in [6, 6.07) is 8.34. The number of fused-ring (bicyclic) bond motifs is 2. The fourth-order valence-electron chi connectivity index (χ4n) is 5.09. The molecule has 1 fully saturated rings. The summed E-state index contributed by atoms with van der Waals surface area (Å²) >= 11 is 0. The van der Waals surface area contributed by atoms with Crippen molar-refractivity contribution in [3.8, 4) is 33.6 Å². The second-order valence-electron chi connectivity index (χ2n) is 9.29. The van der Waals surface area contributed by atoms with E-state index in [4.69, 9.17) is 9.97 Å². The Bertz CT molecular complexity index is 1680. The van der Waals surface area contributed by atoms with E-state index in [2.05, 4.69) is 42.0 Å². The zero-order valence-electron chi connectivity index (χ0n) is 19.6. The number of nitrogens with one attached hydrogen (secondary N) is 2. The van der Waals surface area contributed by atoms with E-state index in [-0.39, 0.29) is 0 Å². The van der Waals surface area contributed by atoms with Crippen molar-refractivity contribution < 1.29 is 0 Å². The number of pyridine rings is 4. The number of likely N-dealkylation sites (tertiary alicyclic amines) is 1. The van der Waals surface area contributed by atoms with E-state index in [1.165, 1.54) is 31.5 Å². The summed E-state index contributed by atoms with van der Waals surface area (Å²) in [6.45, 7) is 3.28. The van der Waals surface area contributed by atoms with Gasteiger partial charge < -0.3 is 9.97 Å². The van der Waals surface area contributed by atoms with Crippen LogP contribution in [0.2, 0.25) is 0 Å². The molecule has 0 bridgehead atoms. The molecule has 36 heavy (non-hydrogen) atoms. The summed E-state index contributed by atoms with van der Waals surface area (Å²) < 4.78 is 0. The quantitative estimate of drug-likeness (QED) is 0.357. The van der Waals surface area contributed by atoms with E-state index in [1.807, 2.05) is 49.3 Å². The molecule has 0 spiro atoms. The van der Waals surface area contributed by atoms with Crippen LogP contribution in [-0.2, 0) is 6.54 Å². The maximum Gasteiger partial charge on any atom is 0.140 e. The van der Waals surface area contributed by atoms with Crippen LogP contribution in [0.1, 0.15) is 18.4 Å². The van der Waals surface area contributed by atoms with Gasteiger partial charge in [0, 0.05) is 77.6 Å². The van der Waals surface area contributed by atoms with E-state index in [0.717, 1.165) is 62.3 Å². The second kappa shape index (κ2) is 8.66. The average molecular weight is 473 g/mol. The van der Waals surface area contributed by atoms with Crippen LogP contribution < -0.4 is 0 Å². The number of H-pyrrole nitrogens is 2. The Labute approximate surface area is 207 Å². The topological polar surface area (TPSA) is 99.3 Å². The lowest BCUT2D eigenvalue weighted by Gasteiger charge is -2.14. The fourth-order valence-corrected chi connectivity index (χ4v) is 5.09. The zero-order valence-corrected chi connectivity index (χ0v) is 19.6. The number of rotatable bonds is 5. The van der Waals surface area contributed by atoms with Crippen LogP contribution in [0.4, 0.5) is 0 Å². The van der Waals surface area contributed by atoms with Crippen molar-refractivity contribution in [2.24, 2.45) is 0 Å². The van der Waals surface area contributed by atoms with Crippen LogP contribution in [0.15, 0.2) is 73.8 Å². The van der Waals surface area contributed by atoms with Crippen molar-refractivity contribution >= 4 is 22.1 Å². The number of aromatic amines is 2. The smallest absolute Gasteiger partial charge is 0.140 e. The van der Waals surface area contributed by atoms with Crippen molar-refractivity contribution in [3.05, 3.63) is 79.4 Å². The molecule has 2 N–H and O–H groups in total. The number of imidazole rings is 1. The highest BCUT2D eigenvalue weighted by Gasteiger charge is 2.16. The molecule has 8 heteroatoms. The number of aromatic nitrogens is 7. The molecular weight excluding hydrogens is 448 g/mol. The standard InChI is InChI=1S/C28H24N8/c1-2-8-36(7-1)17-18-9-20(12-30-11-18)21-10-22-24(15-33-27(22)32-13-21)28-34-25-16-31-14-23(26(25)35-28)19-3-5-29-6-4-19/h3-6,9-16H,1-2,7-8,17H2,(H,32,33)(H,34,35). The molecule has 0 amide bonds. The molecule has 6 aromatic heterocycles. The summed E-state index contributed by atoms with van der Waals surface area (Å²) in [7, 11) is 0. The molecule has 8 nitrogen and oxygen atoms in total. The summed E-state index contributed by atoms with van der Waals surface area (Å²) in [5.74, 6) is 0.777. The van der Waals surface area contributed by atoms with Gasteiger partial charge in [-0.2, -0.15) is 0 Å². The first kappa shape index (κ1) is 20.9. The highest BCUT2D eigenvalue weighted by atomic mass is 15.1. The minimum absolute atomic E-state index is 0.777. The van der Waals surface area contributed by atoms with Gasteiger partial charge in [0.1, 0.15) is 11.5 Å². The molecule has 0 unspecified atom stereocenters. The van der Waals surface area contributed by atoms with Gasteiger partial charge in [0.2, 0.25) is 0 Å². The molecule has 0 radical (unpaired) electrons. The van der Waals surface area contributed by atoms with Gasteiger partial charge in [-0.25, -0.2) is 9.97 Å². The summed E-state index contributed by atoms with van der Waals surface area (Å²) in [4.78, 5) is 32.0. The average Bonchev–Trinajstić information content (AvgIpc) is 3.68. The van der Waals surface area contributed by atoms with Crippen LogP contribution in [0.25, 0.3) is 55.7 Å². The van der Waals surface area contributed by atoms with Gasteiger partial charge in [0.05, 0.1) is 17.2 Å². The zero-order chi connectivity index (χ0) is 23.9. The van der Waals surface area contributed by atoms with Gasteiger partial charge in [-0.15, -0.1) is 0 Å². The number of hydrogen-bond acceptors (Lipinski definition) is 6. The highest BCUT2D eigenvalue weighted by Crippen LogP contribution is 2.33. The summed E-state index contributed by atoms with van der Waals surface area (Å²) in [5.41, 5.74) is 8.90. The van der Waals surface area contributed by atoms with Crippen molar-refractivity contribution in [2.75, 3.05) is 13.1 Å². The Morgan fingerprint density at radius 3 is 2.53 bits per heavy atom. The first-order valence-electron chi connectivity index (χ1n) is 12.2. The second-order valence-corrected chi connectivity index (χ2v) is 9.29. The van der Waals surface area contributed by atoms with Gasteiger partial charge in [-0.1, -0.05) is 0 Å². The largest absolute Gasteiger partial charge is 0.345 e. The SMILES string of the molecule is c1cc(-c2cncc3[nH]c(-c4c[nH]c5ncc(-c6cncc(CN7CCCC7)c6)cc45)nc23)ccn1. The van der Waals surface area contributed by atoms with Crippen LogP contribution in [0.3, 0.4) is 0 Å². The number of hydrogen-bond donors (Lipinski definition) is 2. The van der Waals surface area contributed by atoms with Crippen LogP contribution >= 0.6 is 0 Å².